The summed E-state index contributed by atoms with van der Waals surface area (Å²) < 4.78 is 5.46. The van der Waals surface area contributed by atoms with Crippen molar-refractivity contribution in [2.45, 2.75) is 13.1 Å². The number of amides is 2. The van der Waals surface area contributed by atoms with Gasteiger partial charge in [-0.1, -0.05) is 29.8 Å². The summed E-state index contributed by atoms with van der Waals surface area (Å²) in [6, 6.07) is 17.8. The fraction of sp³-hybridized carbons (Fsp3) is 0.100. The van der Waals surface area contributed by atoms with Gasteiger partial charge in [0.2, 0.25) is 0 Å². The molecule has 0 aliphatic carbocycles. The Hall–Kier alpha value is -3.54. The summed E-state index contributed by atoms with van der Waals surface area (Å²) in [5.41, 5.74) is 5.41. The molecule has 6 nitrogen and oxygen atoms in total. The predicted molar refractivity (Wildman–Crippen MR) is 96.3 cm³/mol. The number of aryl methyl sites for hydroxylation is 1. The Labute approximate surface area is 150 Å². The molecular weight excluding hydrogens is 330 g/mol. The molecular formula is C20H17N3O3. The molecule has 2 heterocycles. The highest BCUT2D eigenvalue weighted by atomic mass is 16.3. The minimum absolute atomic E-state index is 0.304. The van der Waals surface area contributed by atoms with Gasteiger partial charge in [-0.15, -0.1) is 0 Å². The van der Waals surface area contributed by atoms with Crippen LogP contribution in [-0.4, -0.2) is 16.8 Å². The third-order valence-electron chi connectivity index (χ3n) is 4.28. The van der Waals surface area contributed by atoms with E-state index in [1.54, 1.807) is 36.4 Å². The van der Waals surface area contributed by atoms with Gasteiger partial charge in [0.05, 0.1) is 11.8 Å². The zero-order valence-electron chi connectivity index (χ0n) is 14.1. The van der Waals surface area contributed by atoms with E-state index < -0.39 is 6.17 Å². The highest BCUT2D eigenvalue weighted by Crippen LogP contribution is 2.32. The van der Waals surface area contributed by atoms with Gasteiger partial charge in [-0.05, 0) is 43.3 Å². The fourth-order valence-corrected chi connectivity index (χ4v) is 2.89. The lowest BCUT2D eigenvalue weighted by atomic mass is 10.1. The standard InChI is InChI=1S/C20H17N3O3/c1-13-8-10-14(11-9-13)19(24)22-23-18(17-7-4-12-26-17)21-16-6-3-2-5-15(16)20(23)25/h2-12,18,21H,1H3,(H,22,24). The number of hydrogen-bond acceptors (Lipinski definition) is 4. The van der Waals surface area contributed by atoms with E-state index in [1.165, 1.54) is 11.3 Å². The molecule has 1 aliphatic heterocycles. The Morgan fingerprint density at radius 3 is 2.58 bits per heavy atom. The first-order valence-corrected chi connectivity index (χ1v) is 8.23. The molecule has 0 saturated carbocycles. The van der Waals surface area contributed by atoms with Gasteiger partial charge in [0, 0.05) is 11.3 Å². The number of rotatable bonds is 3. The van der Waals surface area contributed by atoms with Crippen molar-refractivity contribution < 1.29 is 14.0 Å². The van der Waals surface area contributed by atoms with Gasteiger partial charge in [-0.25, -0.2) is 5.01 Å². The number of anilines is 1. The molecule has 130 valence electrons. The van der Waals surface area contributed by atoms with Crippen molar-refractivity contribution in [1.82, 2.24) is 10.4 Å². The monoisotopic (exact) mass is 347 g/mol. The molecule has 2 aromatic carbocycles. The highest BCUT2D eigenvalue weighted by Gasteiger charge is 2.35. The Morgan fingerprint density at radius 1 is 1.08 bits per heavy atom. The number of para-hydroxylation sites is 1. The van der Waals surface area contributed by atoms with E-state index in [0.29, 0.717) is 22.6 Å². The first-order valence-electron chi connectivity index (χ1n) is 8.23. The second kappa shape index (κ2) is 6.40. The quantitative estimate of drug-likeness (QED) is 0.760. The number of nitrogens with one attached hydrogen (secondary N) is 2. The van der Waals surface area contributed by atoms with E-state index in [9.17, 15) is 9.59 Å². The van der Waals surface area contributed by atoms with Crippen LogP contribution in [0.25, 0.3) is 0 Å². The lowest BCUT2D eigenvalue weighted by Crippen LogP contribution is -2.52. The average molecular weight is 347 g/mol. The predicted octanol–water partition coefficient (Wildman–Crippen LogP) is 3.50. The van der Waals surface area contributed by atoms with E-state index in [0.717, 1.165) is 5.56 Å². The highest BCUT2D eigenvalue weighted by molar-refractivity contribution is 6.03. The maximum atomic E-state index is 13.0. The maximum Gasteiger partial charge on any atom is 0.276 e. The summed E-state index contributed by atoms with van der Waals surface area (Å²) in [6.07, 6.45) is 0.893. The number of carbonyl (C=O) groups excluding carboxylic acids is 2. The summed E-state index contributed by atoms with van der Waals surface area (Å²) >= 11 is 0. The number of furan rings is 1. The largest absolute Gasteiger partial charge is 0.465 e. The Kier molecular flexibility index (Phi) is 3.93. The Morgan fingerprint density at radius 2 is 1.85 bits per heavy atom. The van der Waals surface area contributed by atoms with E-state index in [-0.39, 0.29) is 11.8 Å². The molecule has 1 atom stereocenters. The van der Waals surface area contributed by atoms with Gasteiger partial charge >= 0.3 is 0 Å². The molecule has 2 amide bonds. The van der Waals surface area contributed by atoms with Crippen LogP contribution in [-0.2, 0) is 0 Å². The molecule has 3 aromatic rings. The average Bonchev–Trinajstić information content (AvgIpc) is 3.19. The van der Waals surface area contributed by atoms with Crippen molar-refractivity contribution in [1.29, 1.82) is 0 Å². The normalized spacial score (nSPS) is 16.0. The molecule has 0 spiro atoms. The molecule has 4 rings (SSSR count). The zero-order valence-corrected chi connectivity index (χ0v) is 14.1. The van der Waals surface area contributed by atoms with Crippen molar-refractivity contribution in [2.24, 2.45) is 0 Å². The first-order chi connectivity index (χ1) is 12.6. The molecule has 26 heavy (non-hydrogen) atoms. The van der Waals surface area contributed by atoms with E-state index in [1.807, 2.05) is 31.2 Å². The third-order valence-corrected chi connectivity index (χ3v) is 4.28. The van der Waals surface area contributed by atoms with E-state index in [2.05, 4.69) is 10.7 Å². The zero-order chi connectivity index (χ0) is 18.1. The number of fused-ring (bicyclic) bond motifs is 1. The van der Waals surface area contributed by atoms with Crippen LogP contribution in [0, 0.1) is 6.92 Å². The number of hydrogen-bond donors (Lipinski definition) is 2. The van der Waals surface area contributed by atoms with Crippen LogP contribution in [0.3, 0.4) is 0 Å². The number of benzene rings is 2. The second-order valence-corrected chi connectivity index (χ2v) is 6.09. The van der Waals surface area contributed by atoms with Gasteiger partial charge in [0.15, 0.2) is 6.17 Å². The van der Waals surface area contributed by atoms with Gasteiger partial charge in [-0.2, -0.15) is 0 Å². The Balaban J connectivity index is 1.68. The molecule has 6 heteroatoms. The second-order valence-electron chi connectivity index (χ2n) is 6.09. The Bertz CT molecular complexity index is 949. The lowest BCUT2D eigenvalue weighted by Gasteiger charge is -2.36. The molecule has 1 unspecified atom stereocenters. The summed E-state index contributed by atoms with van der Waals surface area (Å²) in [6.45, 7) is 1.95. The molecule has 0 saturated heterocycles. The minimum Gasteiger partial charge on any atom is -0.465 e. The van der Waals surface area contributed by atoms with Crippen LogP contribution in [0.2, 0.25) is 0 Å². The van der Waals surface area contributed by atoms with Crippen molar-refractivity contribution in [3.63, 3.8) is 0 Å². The van der Waals surface area contributed by atoms with Crippen molar-refractivity contribution >= 4 is 17.5 Å². The maximum absolute atomic E-state index is 13.0. The number of nitrogens with zero attached hydrogens (tertiary/aromatic N) is 1. The van der Waals surface area contributed by atoms with Gasteiger partial charge < -0.3 is 9.73 Å². The van der Waals surface area contributed by atoms with Crippen LogP contribution in [0.1, 0.15) is 38.2 Å². The topological polar surface area (TPSA) is 74.6 Å². The summed E-state index contributed by atoms with van der Waals surface area (Å²) in [5.74, 6) is -0.144. The van der Waals surface area contributed by atoms with Crippen molar-refractivity contribution in [3.05, 3.63) is 89.4 Å². The summed E-state index contributed by atoms with van der Waals surface area (Å²) in [5, 5.41) is 4.51. The third kappa shape index (κ3) is 2.82. The smallest absolute Gasteiger partial charge is 0.276 e. The molecule has 1 aliphatic rings. The van der Waals surface area contributed by atoms with Crippen molar-refractivity contribution in [2.75, 3.05) is 5.32 Å². The van der Waals surface area contributed by atoms with Crippen LogP contribution in [0.15, 0.2) is 71.3 Å². The minimum atomic E-state index is -0.637. The number of hydrazine groups is 1. The summed E-state index contributed by atoms with van der Waals surface area (Å²) in [7, 11) is 0. The van der Waals surface area contributed by atoms with Crippen LogP contribution in [0.4, 0.5) is 5.69 Å². The molecule has 0 radical (unpaired) electrons. The van der Waals surface area contributed by atoms with E-state index in [4.69, 9.17) is 4.42 Å². The van der Waals surface area contributed by atoms with Gasteiger partial charge in [-0.3, -0.25) is 15.0 Å². The molecule has 0 fully saturated rings. The number of carbonyl (C=O) groups is 2. The lowest BCUT2D eigenvalue weighted by molar-refractivity contribution is 0.0467. The first kappa shape index (κ1) is 16.0. The van der Waals surface area contributed by atoms with Crippen LogP contribution >= 0.6 is 0 Å². The fourth-order valence-electron chi connectivity index (χ4n) is 2.89. The van der Waals surface area contributed by atoms with Crippen LogP contribution < -0.4 is 10.7 Å². The molecule has 2 N–H and O–H groups in total. The van der Waals surface area contributed by atoms with E-state index >= 15 is 0 Å². The molecule has 1 aromatic heterocycles. The molecule has 0 bridgehead atoms. The summed E-state index contributed by atoms with van der Waals surface area (Å²) in [4.78, 5) is 25.6. The van der Waals surface area contributed by atoms with Crippen LogP contribution in [0.5, 0.6) is 0 Å². The van der Waals surface area contributed by atoms with Gasteiger partial charge in [0.25, 0.3) is 11.8 Å². The van der Waals surface area contributed by atoms with Crippen molar-refractivity contribution in [3.8, 4) is 0 Å². The SMILES string of the molecule is Cc1ccc(C(=O)NN2C(=O)c3ccccc3NC2c2ccco2)cc1. The van der Waals surface area contributed by atoms with Gasteiger partial charge in [0.1, 0.15) is 5.76 Å².